The van der Waals surface area contributed by atoms with Crippen LogP contribution in [0.1, 0.15) is 44.9 Å². The van der Waals surface area contributed by atoms with E-state index in [-0.39, 0.29) is 5.92 Å². The van der Waals surface area contributed by atoms with Crippen molar-refractivity contribution in [2.45, 2.75) is 17.8 Å². The minimum Gasteiger partial charge on any atom is -0.455 e. The van der Waals surface area contributed by atoms with Gasteiger partial charge in [-0.15, -0.1) is 0 Å². The van der Waals surface area contributed by atoms with E-state index in [0.717, 1.165) is 106 Å². The highest BCUT2D eigenvalue weighted by atomic mass is 16.3. The van der Waals surface area contributed by atoms with Crippen LogP contribution < -0.4 is 0 Å². The summed E-state index contributed by atoms with van der Waals surface area (Å²) in [6.45, 7) is 0. The van der Waals surface area contributed by atoms with Gasteiger partial charge in [0.15, 0.2) is 0 Å². The highest BCUT2D eigenvalue weighted by Gasteiger charge is 2.46. The summed E-state index contributed by atoms with van der Waals surface area (Å²) in [5.74, 6) is 0.0327. The molecule has 0 N–H and O–H groups in total. The van der Waals surface area contributed by atoms with Gasteiger partial charge in [-0.05, 0) is 91.4 Å². The van der Waals surface area contributed by atoms with E-state index in [2.05, 4.69) is 255 Å². The van der Waals surface area contributed by atoms with Gasteiger partial charge in [0.05, 0.1) is 5.41 Å². The van der Waals surface area contributed by atoms with Gasteiger partial charge >= 0.3 is 0 Å². The van der Waals surface area contributed by atoms with Gasteiger partial charge in [0, 0.05) is 54.9 Å². The molecule has 0 bridgehead atoms. The van der Waals surface area contributed by atoms with Crippen molar-refractivity contribution >= 4 is 65.8 Å². The average molecular weight is 997 g/mol. The number of hydrogen-bond acceptors (Lipinski definition) is 3. The predicted molar refractivity (Wildman–Crippen MR) is 320 cm³/mol. The third-order valence-electron chi connectivity index (χ3n) is 16.8. The number of fused-ring (bicyclic) bond motifs is 12. The van der Waals surface area contributed by atoms with Crippen LogP contribution >= 0.6 is 0 Å². The maximum Gasteiger partial charge on any atom is 0.143 e. The maximum absolute atomic E-state index is 6.55. The smallest absolute Gasteiger partial charge is 0.143 e. The Morgan fingerprint density at radius 3 is 1.17 bits per heavy atom. The molecule has 16 rings (SSSR count). The average Bonchev–Trinajstić information content (AvgIpc) is 4.39. The van der Waals surface area contributed by atoms with Gasteiger partial charge in [0.2, 0.25) is 0 Å². The summed E-state index contributed by atoms with van der Waals surface area (Å²) in [7, 11) is 0. The van der Waals surface area contributed by atoms with Crippen LogP contribution in [0.5, 0.6) is 0 Å². The molecule has 3 heterocycles. The molecule has 3 heteroatoms. The SMILES string of the molecule is c1ccc(C2(c3ccc(-c4cccc5c4oc4ccccc45)cc3)c3ccccc3-c3ccc(CC(c4ccc(-c5cccc6c5oc5ccccc56)cc4)c4ccc(-c5cccc6c5oc5ccccc56)cc4)cc32)cc1. The summed E-state index contributed by atoms with van der Waals surface area (Å²) in [6, 6.07) is 99.5. The van der Waals surface area contributed by atoms with Gasteiger partial charge in [0.1, 0.15) is 33.5 Å². The second kappa shape index (κ2) is 17.6. The molecule has 0 fully saturated rings. The van der Waals surface area contributed by atoms with Crippen molar-refractivity contribution in [3.05, 3.63) is 312 Å². The number of rotatable bonds is 9. The monoisotopic (exact) mass is 996 g/mol. The largest absolute Gasteiger partial charge is 0.455 e. The van der Waals surface area contributed by atoms with Crippen molar-refractivity contribution in [3.8, 4) is 44.5 Å². The highest BCUT2D eigenvalue weighted by Crippen LogP contribution is 2.57. The van der Waals surface area contributed by atoms with Crippen molar-refractivity contribution in [3.63, 3.8) is 0 Å². The van der Waals surface area contributed by atoms with Gasteiger partial charge in [-0.1, -0.05) is 255 Å². The zero-order chi connectivity index (χ0) is 51.3. The molecule has 0 radical (unpaired) electrons. The lowest BCUT2D eigenvalue weighted by molar-refractivity contribution is 0.669. The molecule has 1 aliphatic rings. The molecule has 1 aliphatic carbocycles. The summed E-state index contributed by atoms with van der Waals surface area (Å²) < 4.78 is 19.6. The molecule has 1 unspecified atom stereocenters. The molecule has 0 spiro atoms. The van der Waals surface area contributed by atoms with Crippen molar-refractivity contribution < 1.29 is 13.3 Å². The van der Waals surface area contributed by atoms with E-state index in [1.807, 2.05) is 18.2 Å². The Bertz CT molecular complexity index is 4650. The van der Waals surface area contributed by atoms with Gasteiger partial charge in [-0.2, -0.15) is 0 Å². The van der Waals surface area contributed by atoms with E-state index in [1.54, 1.807) is 0 Å². The molecule has 366 valence electrons. The van der Waals surface area contributed by atoms with E-state index in [1.165, 1.54) is 50.1 Å². The van der Waals surface area contributed by atoms with E-state index in [9.17, 15) is 0 Å². The van der Waals surface area contributed by atoms with Crippen LogP contribution in [0.2, 0.25) is 0 Å². The Morgan fingerprint density at radius 1 is 0.282 bits per heavy atom. The summed E-state index contributed by atoms with van der Waals surface area (Å²) in [5, 5.41) is 6.79. The van der Waals surface area contributed by atoms with Crippen LogP contribution in [0.4, 0.5) is 0 Å². The summed E-state index contributed by atoms with van der Waals surface area (Å²) >= 11 is 0. The summed E-state index contributed by atoms with van der Waals surface area (Å²) in [4.78, 5) is 0. The minimum absolute atomic E-state index is 0.0327. The first-order chi connectivity index (χ1) is 38.7. The topological polar surface area (TPSA) is 39.4 Å². The zero-order valence-electron chi connectivity index (χ0n) is 42.5. The fourth-order valence-corrected chi connectivity index (χ4v) is 13.2. The van der Waals surface area contributed by atoms with Crippen molar-refractivity contribution in [2.24, 2.45) is 0 Å². The van der Waals surface area contributed by atoms with Crippen LogP contribution in [0.3, 0.4) is 0 Å². The Balaban J connectivity index is 0.828. The Morgan fingerprint density at radius 2 is 0.667 bits per heavy atom. The number of furan rings is 3. The molecule has 12 aromatic carbocycles. The van der Waals surface area contributed by atoms with Crippen LogP contribution in [0, 0.1) is 0 Å². The number of benzene rings is 12. The maximum atomic E-state index is 6.55. The van der Waals surface area contributed by atoms with E-state index >= 15 is 0 Å². The van der Waals surface area contributed by atoms with Crippen molar-refractivity contribution in [1.82, 2.24) is 0 Å². The molecule has 0 saturated carbocycles. The molecule has 0 amide bonds. The third-order valence-corrected chi connectivity index (χ3v) is 16.8. The molecule has 0 saturated heterocycles. The molecule has 1 atom stereocenters. The fourth-order valence-electron chi connectivity index (χ4n) is 13.2. The van der Waals surface area contributed by atoms with E-state index in [0.29, 0.717) is 0 Å². The van der Waals surface area contributed by atoms with Crippen LogP contribution in [-0.2, 0) is 11.8 Å². The molecular weight excluding hydrogens is 949 g/mol. The van der Waals surface area contributed by atoms with Crippen LogP contribution in [0.15, 0.2) is 286 Å². The van der Waals surface area contributed by atoms with Crippen molar-refractivity contribution in [1.29, 1.82) is 0 Å². The van der Waals surface area contributed by atoms with Gasteiger partial charge in [-0.3, -0.25) is 0 Å². The number of hydrogen-bond donors (Lipinski definition) is 0. The van der Waals surface area contributed by atoms with Gasteiger partial charge in [-0.25, -0.2) is 0 Å². The first-order valence-electron chi connectivity index (χ1n) is 27.0. The second-order valence-electron chi connectivity index (χ2n) is 21.0. The minimum atomic E-state index is -0.582. The lowest BCUT2D eigenvalue weighted by Gasteiger charge is -2.34. The molecule has 3 aromatic heterocycles. The van der Waals surface area contributed by atoms with Gasteiger partial charge < -0.3 is 13.3 Å². The normalized spacial score (nSPS) is 14.1. The zero-order valence-corrected chi connectivity index (χ0v) is 42.5. The van der Waals surface area contributed by atoms with E-state index in [4.69, 9.17) is 13.3 Å². The lowest BCUT2D eigenvalue weighted by Crippen LogP contribution is -2.28. The van der Waals surface area contributed by atoms with Crippen LogP contribution in [0.25, 0.3) is 110 Å². The lowest BCUT2D eigenvalue weighted by atomic mass is 9.67. The molecule has 15 aromatic rings. The van der Waals surface area contributed by atoms with Gasteiger partial charge in [0.25, 0.3) is 0 Å². The first-order valence-corrected chi connectivity index (χ1v) is 27.0. The molecule has 0 aliphatic heterocycles. The summed E-state index contributed by atoms with van der Waals surface area (Å²) in [6.07, 6.45) is 0.784. The standard InChI is InChI=1S/C75H48O3/c1-2-15-53(16-3-1)75(54-42-40-50(41-43-54)57-23-14-26-65-62-20-7-11-30-71(62)78-74(57)65)67-27-8-4-17-58(67)59-44-31-47(46-68(59)75)45-66(51-36-32-48(33-37-51)55-21-12-24-63-60-18-5-9-28-69(60)76-72(55)63)52-38-34-49(35-39-52)56-22-13-25-64-61-19-6-10-29-70(61)77-73(56)64/h1-44,46,66H,45H2. The Hall–Kier alpha value is -9.96. The second-order valence-corrected chi connectivity index (χ2v) is 21.0. The molecule has 3 nitrogen and oxygen atoms in total. The van der Waals surface area contributed by atoms with Crippen LogP contribution in [-0.4, -0.2) is 0 Å². The highest BCUT2D eigenvalue weighted by molar-refractivity contribution is 6.11. The molecule has 78 heavy (non-hydrogen) atoms. The quantitative estimate of drug-likeness (QED) is 0.145. The predicted octanol–water partition coefficient (Wildman–Crippen LogP) is 20.1. The van der Waals surface area contributed by atoms with Crippen molar-refractivity contribution in [2.75, 3.05) is 0 Å². The van der Waals surface area contributed by atoms with E-state index < -0.39 is 5.41 Å². The fraction of sp³-hybridized carbons (Fsp3) is 0.0400. The first kappa shape index (κ1) is 44.3. The third kappa shape index (κ3) is 6.78. The molecular formula is C75H48O3. The summed E-state index contributed by atoms with van der Waals surface area (Å²) in [5.41, 5.74) is 22.8. The Kier molecular flexibility index (Phi) is 9.98. The number of para-hydroxylation sites is 6. The Labute approximate surface area is 450 Å².